The lowest BCUT2D eigenvalue weighted by molar-refractivity contribution is 0.831. The molecule has 1 aromatic rings. The van der Waals surface area contributed by atoms with Crippen LogP contribution < -0.4 is 5.73 Å². The van der Waals surface area contributed by atoms with E-state index in [0.717, 1.165) is 36.1 Å². The van der Waals surface area contributed by atoms with Crippen molar-refractivity contribution in [2.75, 3.05) is 5.73 Å². The Balaban J connectivity index is 0.00000137. The number of nitrogens with two attached hydrogens (primary N) is 1. The van der Waals surface area contributed by atoms with Crippen LogP contribution in [-0.4, -0.2) is 9.97 Å². The summed E-state index contributed by atoms with van der Waals surface area (Å²) in [6.45, 7) is 15.3. The third-order valence-electron chi connectivity index (χ3n) is 2.29. The first-order valence-electron chi connectivity index (χ1n) is 6.23. The summed E-state index contributed by atoms with van der Waals surface area (Å²) in [7, 11) is 0. The first-order chi connectivity index (χ1) is 8.69. The lowest BCUT2D eigenvalue weighted by Gasteiger charge is -2.08. The van der Waals surface area contributed by atoms with Gasteiger partial charge in [-0.1, -0.05) is 39.2 Å². The maximum absolute atomic E-state index is 5.56. The molecule has 0 fully saturated rings. The molecule has 1 rings (SSSR count). The molecule has 1 aromatic heterocycles. The highest BCUT2D eigenvalue weighted by molar-refractivity contribution is 5.71. The van der Waals surface area contributed by atoms with Gasteiger partial charge in [0.25, 0.3) is 0 Å². The van der Waals surface area contributed by atoms with E-state index < -0.39 is 0 Å². The molecule has 3 nitrogen and oxygen atoms in total. The molecule has 0 saturated heterocycles. The molecule has 0 unspecified atom stereocenters. The van der Waals surface area contributed by atoms with Crippen LogP contribution in [0.3, 0.4) is 0 Å². The van der Waals surface area contributed by atoms with E-state index in [1.807, 2.05) is 19.9 Å². The molecule has 0 aliphatic carbocycles. The molecule has 18 heavy (non-hydrogen) atoms. The SMILES string of the molecule is C=CCCCc1cnc(N)nc1C(=C)C=C.CC. The Morgan fingerprint density at radius 3 is 2.61 bits per heavy atom. The molecular formula is C15H23N3. The highest BCUT2D eigenvalue weighted by Gasteiger charge is 2.07. The van der Waals surface area contributed by atoms with E-state index in [4.69, 9.17) is 5.73 Å². The van der Waals surface area contributed by atoms with Crippen LogP contribution in [0.5, 0.6) is 0 Å². The number of rotatable bonds is 6. The zero-order valence-electron chi connectivity index (χ0n) is 11.4. The summed E-state index contributed by atoms with van der Waals surface area (Å²) in [5.41, 5.74) is 8.20. The molecule has 0 aliphatic heterocycles. The lowest BCUT2D eigenvalue weighted by atomic mass is 10.0. The quantitative estimate of drug-likeness (QED) is 0.471. The predicted octanol–water partition coefficient (Wildman–Crippen LogP) is 3.79. The number of aryl methyl sites for hydroxylation is 1. The number of allylic oxidation sites excluding steroid dienone is 3. The minimum absolute atomic E-state index is 0.269. The van der Waals surface area contributed by atoms with Gasteiger partial charge in [0.1, 0.15) is 0 Å². The van der Waals surface area contributed by atoms with Crippen molar-refractivity contribution in [3.05, 3.63) is 49.3 Å². The summed E-state index contributed by atoms with van der Waals surface area (Å²) in [6, 6.07) is 0. The Labute approximate surface area is 110 Å². The third-order valence-corrected chi connectivity index (χ3v) is 2.29. The van der Waals surface area contributed by atoms with E-state index in [1.54, 1.807) is 12.3 Å². The summed E-state index contributed by atoms with van der Waals surface area (Å²) in [6.07, 6.45) is 8.24. The number of nitrogen functional groups attached to an aromatic ring is 1. The van der Waals surface area contributed by atoms with Gasteiger partial charge in [-0.05, 0) is 30.4 Å². The van der Waals surface area contributed by atoms with Crippen molar-refractivity contribution in [1.29, 1.82) is 0 Å². The van der Waals surface area contributed by atoms with Gasteiger partial charge in [-0.2, -0.15) is 0 Å². The van der Waals surface area contributed by atoms with Gasteiger partial charge in [-0.15, -0.1) is 6.58 Å². The molecule has 1 heterocycles. The highest BCUT2D eigenvalue weighted by atomic mass is 15.0. The molecule has 0 spiro atoms. The van der Waals surface area contributed by atoms with Crippen molar-refractivity contribution in [3.63, 3.8) is 0 Å². The second-order valence-electron chi connectivity index (χ2n) is 3.51. The molecule has 0 saturated carbocycles. The van der Waals surface area contributed by atoms with E-state index in [2.05, 4.69) is 29.7 Å². The van der Waals surface area contributed by atoms with Crippen LogP contribution in [0.2, 0.25) is 0 Å². The van der Waals surface area contributed by atoms with Gasteiger partial charge >= 0.3 is 0 Å². The monoisotopic (exact) mass is 245 g/mol. The third kappa shape index (κ3) is 4.95. The molecule has 2 N–H and O–H groups in total. The van der Waals surface area contributed by atoms with Crippen molar-refractivity contribution in [2.45, 2.75) is 33.1 Å². The van der Waals surface area contributed by atoms with Gasteiger partial charge in [0.2, 0.25) is 5.95 Å². The predicted molar refractivity (Wildman–Crippen MR) is 80.2 cm³/mol. The van der Waals surface area contributed by atoms with Crippen molar-refractivity contribution in [2.24, 2.45) is 0 Å². The van der Waals surface area contributed by atoms with E-state index in [-0.39, 0.29) is 5.95 Å². The van der Waals surface area contributed by atoms with Crippen LogP contribution >= 0.6 is 0 Å². The number of nitrogens with zero attached hydrogens (tertiary/aromatic N) is 2. The second kappa shape index (κ2) is 9.16. The van der Waals surface area contributed by atoms with Crippen molar-refractivity contribution in [3.8, 4) is 0 Å². The maximum atomic E-state index is 5.56. The number of unbranched alkanes of at least 4 members (excludes halogenated alkanes) is 1. The molecular weight excluding hydrogens is 222 g/mol. The smallest absolute Gasteiger partial charge is 0.220 e. The van der Waals surface area contributed by atoms with E-state index in [0.29, 0.717) is 0 Å². The molecule has 3 heteroatoms. The number of aromatic nitrogens is 2. The fraction of sp³-hybridized carbons (Fsp3) is 0.333. The van der Waals surface area contributed by atoms with Gasteiger partial charge < -0.3 is 5.73 Å². The molecule has 0 atom stereocenters. The molecule has 0 radical (unpaired) electrons. The number of hydrogen-bond donors (Lipinski definition) is 1. The molecule has 0 aromatic carbocycles. The Kier molecular flexibility index (Phi) is 8.20. The van der Waals surface area contributed by atoms with Gasteiger partial charge in [-0.3, -0.25) is 0 Å². The first-order valence-corrected chi connectivity index (χ1v) is 6.23. The molecule has 0 aliphatic rings. The Hall–Kier alpha value is -1.90. The van der Waals surface area contributed by atoms with Gasteiger partial charge in [0.05, 0.1) is 5.69 Å². The Bertz CT molecular complexity index is 408. The van der Waals surface area contributed by atoms with Gasteiger partial charge in [0.15, 0.2) is 0 Å². The Morgan fingerprint density at radius 2 is 2.06 bits per heavy atom. The van der Waals surface area contributed by atoms with Gasteiger partial charge in [0, 0.05) is 6.20 Å². The summed E-state index contributed by atoms with van der Waals surface area (Å²) >= 11 is 0. The van der Waals surface area contributed by atoms with E-state index in [1.165, 1.54) is 0 Å². The van der Waals surface area contributed by atoms with Crippen LogP contribution in [0.1, 0.15) is 37.9 Å². The summed E-state index contributed by atoms with van der Waals surface area (Å²) in [5, 5.41) is 0. The van der Waals surface area contributed by atoms with Crippen molar-refractivity contribution < 1.29 is 0 Å². The standard InChI is InChI=1S/C13H17N3.C2H6/c1-4-6-7-8-11-9-15-13(14)16-12(11)10(3)5-2;1-2/h4-5,9H,1-3,6-8H2,(H2,14,15,16);1-2H3. The average molecular weight is 245 g/mol. The van der Waals surface area contributed by atoms with Crippen LogP contribution in [0, 0.1) is 0 Å². The molecule has 0 bridgehead atoms. The van der Waals surface area contributed by atoms with Crippen LogP contribution in [0.25, 0.3) is 5.57 Å². The van der Waals surface area contributed by atoms with Crippen molar-refractivity contribution >= 4 is 11.5 Å². The average Bonchev–Trinajstić information content (AvgIpc) is 2.42. The summed E-state index contributed by atoms with van der Waals surface area (Å²) in [4.78, 5) is 8.19. The second-order valence-corrected chi connectivity index (χ2v) is 3.51. The zero-order chi connectivity index (χ0) is 14.0. The van der Waals surface area contributed by atoms with Crippen LogP contribution in [0.15, 0.2) is 38.1 Å². The van der Waals surface area contributed by atoms with Crippen LogP contribution in [-0.2, 0) is 6.42 Å². The summed E-state index contributed by atoms with van der Waals surface area (Å²) < 4.78 is 0. The largest absolute Gasteiger partial charge is 0.368 e. The fourth-order valence-corrected chi connectivity index (χ4v) is 1.41. The van der Waals surface area contributed by atoms with Crippen LogP contribution in [0.4, 0.5) is 5.95 Å². The highest BCUT2D eigenvalue weighted by Crippen LogP contribution is 2.18. The zero-order valence-corrected chi connectivity index (χ0v) is 11.4. The van der Waals surface area contributed by atoms with Gasteiger partial charge in [-0.25, -0.2) is 9.97 Å². The molecule has 0 amide bonds. The Morgan fingerprint density at radius 1 is 1.39 bits per heavy atom. The topological polar surface area (TPSA) is 51.8 Å². The number of anilines is 1. The maximum Gasteiger partial charge on any atom is 0.220 e. The minimum atomic E-state index is 0.269. The fourth-order valence-electron chi connectivity index (χ4n) is 1.41. The molecule has 98 valence electrons. The normalized spacial score (nSPS) is 9.00. The van der Waals surface area contributed by atoms with E-state index in [9.17, 15) is 0 Å². The minimum Gasteiger partial charge on any atom is -0.368 e. The lowest BCUT2D eigenvalue weighted by Crippen LogP contribution is -2.02. The van der Waals surface area contributed by atoms with E-state index >= 15 is 0 Å². The summed E-state index contributed by atoms with van der Waals surface area (Å²) in [5.74, 6) is 0.269. The van der Waals surface area contributed by atoms with Crippen molar-refractivity contribution in [1.82, 2.24) is 9.97 Å². The number of hydrogen-bond acceptors (Lipinski definition) is 3. The first kappa shape index (κ1) is 16.1.